The van der Waals surface area contributed by atoms with Crippen molar-refractivity contribution >= 4 is 15.9 Å². The molecule has 2 aromatic carbocycles. The minimum absolute atomic E-state index is 0.114. The second-order valence-corrected chi connectivity index (χ2v) is 8.51. The van der Waals surface area contributed by atoms with Gasteiger partial charge in [-0.25, -0.2) is 0 Å². The van der Waals surface area contributed by atoms with Crippen LogP contribution in [0.25, 0.3) is 22.8 Å². The zero-order valence-corrected chi connectivity index (χ0v) is 18.6. The van der Waals surface area contributed by atoms with E-state index < -0.39 is 0 Å². The Morgan fingerprint density at radius 3 is 2.90 bits per heavy atom. The summed E-state index contributed by atoms with van der Waals surface area (Å²) in [6, 6.07) is 12.6. The van der Waals surface area contributed by atoms with Gasteiger partial charge in [-0.1, -0.05) is 30.3 Å². The van der Waals surface area contributed by atoms with Gasteiger partial charge >= 0.3 is 0 Å². The Morgan fingerprint density at radius 2 is 2.14 bits per heavy atom. The molecule has 29 heavy (non-hydrogen) atoms. The number of nitrogens with one attached hydrogen (secondary N) is 1. The first-order valence-corrected chi connectivity index (χ1v) is 11.0. The Hall–Kier alpha value is -2.18. The fourth-order valence-corrected chi connectivity index (χ4v) is 4.30. The number of aromatic nitrogens is 2. The van der Waals surface area contributed by atoms with E-state index in [1.807, 2.05) is 32.0 Å². The van der Waals surface area contributed by atoms with E-state index in [9.17, 15) is 0 Å². The molecule has 5 nitrogen and oxygen atoms in total. The lowest BCUT2D eigenvalue weighted by Gasteiger charge is -2.13. The number of hydrogen-bond donors (Lipinski definition) is 1. The molecule has 152 valence electrons. The number of halogens is 1. The van der Waals surface area contributed by atoms with Crippen molar-refractivity contribution in [3.05, 3.63) is 52.0 Å². The topological polar surface area (TPSA) is 60.2 Å². The van der Waals surface area contributed by atoms with Gasteiger partial charge < -0.3 is 14.6 Å². The number of nitrogens with zero attached hydrogens (tertiary/aromatic N) is 2. The number of hydrogen-bond acceptors (Lipinski definition) is 5. The van der Waals surface area contributed by atoms with Gasteiger partial charge in [-0.15, -0.1) is 0 Å². The lowest BCUT2D eigenvalue weighted by atomic mass is 10.0. The van der Waals surface area contributed by atoms with Crippen LogP contribution in [0.5, 0.6) is 5.75 Å². The van der Waals surface area contributed by atoms with Gasteiger partial charge in [-0.3, -0.25) is 0 Å². The third-order valence-corrected chi connectivity index (χ3v) is 5.74. The number of rotatable bonds is 7. The molecule has 1 atom stereocenters. The normalized spacial score (nSPS) is 15.7. The highest BCUT2D eigenvalue weighted by Gasteiger charge is 2.26. The highest BCUT2D eigenvalue weighted by atomic mass is 79.9. The Morgan fingerprint density at radius 1 is 1.28 bits per heavy atom. The first-order valence-electron chi connectivity index (χ1n) is 10.2. The Balaban J connectivity index is 1.61. The minimum atomic E-state index is 0.114. The van der Waals surface area contributed by atoms with Gasteiger partial charge in [0.15, 0.2) is 0 Å². The van der Waals surface area contributed by atoms with Gasteiger partial charge in [-0.2, -0.15) is 4.98 Å². The average Bonchev–Trinajstić information content (AvgIpc) is 3.35. The van der Waals surface area contributed by atoms with Crippen LogP contribution in [0.15, 0.2) is 45.4 Å². The molecule has 1 aromatic heterocycles. The van der Waals surface area contributed by atoms with E-state index in [2.05, 4.69) is 56.5 Å². The van der Waals surface area contributed by atoms with E-state index in [-0.39, 0.29) is 6.10 Å². The third kappa shape index (κ3) is 4.23. The molecule has 6 heteroatoms. The molecule has 0 saturated heterocycles. The molecule has 4 rings (SSSR count). The first-order chi connectivity index (χ1) is 14.1. The van der Waals surface area contributed by atoms with Gasteiger partial charge in [0, 0.05) is 17.2 Å². The van der Waals surface area contributed by atoms with E-state index in [1.165, 1.54) is 11.1 Å². The molecule has 1 heterocycles. The van der Waals surface area contributed by atoms with Crippen LogP contribution in [0.2, 0.25) is 0 Å². The maximum atomic E-state index is 5.78. The highest BCUT2D eigenvalue weighted by molar-refractivity contribution is 9.10. The van der Waals surface area contributed by atoms with E-state index >= 15 is 0 Å². The fraction of sp³-hybridized carbons (Fsp3) is 0.391. The molecule has 1 aliphatic rings. The molecule has 0 fully saturated rings. The van der Waals surface area contributed by atoms with Gasteiger partial charge in [0.2, 0.25) is 5.82 Å². The fourth-order valence-electron chi connectivity index (χ4n) is 3.83. The van der Waals surface area contributed by atoms with Crippen molar-refractivity contribution in [3.63, 3.8) is 0 Å². The summed E-state index contributed by atoms with van der Waals surface area (Å²) in [5, 5.41) is 7.92. The van der Waals surface area contributed by atoms with E-state index in [0.29, 0.717) is 17.8 Å². The van der Waals surface area contributed by atoms with Gasteiger partial charge in [0.05, 0.1) is 10.6 Å². The number of benzene rings is 2. The van der Waals surface area contributed by atoms with Crippen LogP contribution >= 0.6 is 15.9 Å². The van der Waals surface area contributed by atoms with E-state index in [1.54, 1.807) is 0 Å². The molecular formula is C23H26BrN3O2. The van der Waals surface area contributed by atoms with Gasteiger partial charge in [-0.05, 0) is 84.9 Å². The average molecular weight is 456 g/mol. The molecule has 0 aliphatic heterocycles. The molecule has 0 saturated carbocycles. The molecular weight excluding hydrogens is 430 g/mol. The zero-order valence-electron chi connectivity index (χ0n) is 17.0. The second kappa shape index (κ2) is 8.67. The monoisotopic (exact) mass is 455 g/mol. The number of fused-ring (bicyclic) bond motifs is 1. The highest BCUT2D eigenvalue weighted by Crippen LogP contribution is 2.38. The molecule has 1 N–H and O–H groups in total. The number of ether oxygens (including phenoxy) is 1. The first kappa shape index (κ1) is 20.1. The third-order valence-electron chi connectivity index (χ3n) is 5.12. The van der Waals surface area contributed by atoms with Crippen molar-refractivity contribution in [2.75, 3.05) is 6.54 Å². The van der Waals surface area contributed by atoms with Crippen molar-refractivity contribution in [2.45, 2.75) is 52.2 Å². The summed E-state index contributed by atoms with van der Waals surface area (Å²) in [5.74, 6) is 1.95. The molecule has 0 unspecified atom stereocenters. The largest absolute Gasteiger partial charge is 0.490 e. The van der Waals surface area contributed by atoms with Crippen molar-refractivity contribution < 1.29 is 9.26 Å². The standard InChI is InChI=1S/C23H26BrN3O2/c1-4-12-25-20-10-9-16-17(20)6-5-7-18(16)22-26-23(29-27-22)15-8-11-21(19(24)13-15)28-14(2)3/h5-8,11,13-14,20,25H,4,9-10,12H2,1-3H3/t20-/m0/s1. The molecule has 1 aliphatic carbocycles. The van der Waals surface area contributed by atoms with Crippen molar-refractivity contribution in [3.8, 4) is 28.6 Å². The molecule has 0 bridgehead atoms. The molecule has 0 spiro atoms. The summed E-state index contributed by atoms with van der Waals surface area (Å²) >= 11 is 3.57. The van der Waals surface area contributed by atoms with Crippen LogP contribution in [-0.4, -0.2) is 22.8 Å². The van der Waals surface area contributed by atoms with E-state index in [4.69, 9.17) is 9.26 Å². The van der Waals surface area contributed by atoms with Crippen molar-refractivity contribution in [1.82, 2.24) is 15.5 Å². The SMILES string of the molecule is CCCN[C@H]1CCc2c(-c3noc(-c4ccc(OC(C)C)c(Br)c4)n3)cccc21. The van der Waals surface area contributed by atoms with Crippen LogP contribution in [0, 0.1) is 0 Å². The van der Waals surface area contributed by atoms with Crippen molar-refractivity contribution in [1.29, 1.82) is 0 Å². The quantitative estimate of drug-likeness (QED) is 0.477. The smallest absolute Gasteiger partial charge is 0.258 e. The van der Waals surface area contributed by atoms with Crippen LogP contribution in [0.1, 0.15) is 50.8 Å². The Kier molecular flexibility index (Phi) is 6.01. The summed E-state index contributed by atoms with van der Waals surface area (Å²) in [6.07, 6.45) is 3.39. The second-order valence-electron chi connectivity index (χ2n) is 7.65. The van der Waals surface area contributed by atoms with Gasteiger partial charge in [0.1, 0.15) is 5.75 Å². The summed E-state index contributed by atoms with van der Waals surface area (Å²) in [7, 11) is 0. The lowest BCUT2D eigenvalue weighted by Crippen LogP contribution is -2.19. The molecule has 0 amide bonds. The maximum absolute atomic E-state index is 5.78. The predicted molar refractivity (Wildman–Crippen MR) is 118 cm³/mol. The Labute approximate surface area is 180 Å². The predicted octanol–water partition coefficient (Wildman–Crippen LogP) is 5.94. The van der Waals surface area contributed by atoms with Crippen molar-refractivity contribution in [2.24, 2.45) is 0 Å². The van der Waals surface area contributed by atoms with E-state index in [0.717, 1.165) is 47.2 Å². The Bertz CT molecular complexity index is 1000. The van der Waals surface area contributed by atoms with Crippen LogP contribution in [0.4, 0.5) is 0 Å². The summed E-state index contributed by atoms with van der Waals surface area (Å²) in [6.45, 7) is 7.24. The molecule has 0 radical (unpaired) electrons. The summed E-state index contributed by atoms with van der Waals surface area (Å²) < 4.78 is 12.2. The van der Waals surface area contributed by atoms with Crippen LogP contribution in [-0.2, 0) is 6.42 Å². The van der Waals surface area contributed by atoms with Gasteiger partial charge in [0.25, 0.3) is 5.89 Å². The summed E-state index contributed by atoms with van der Waals surface area (Å²) in [5.41, 5.74) is 4.62. The molecule has 3 aromatic rings. The lowest BCUT2D eigenvalue weighted by molar-refractivity contribution is 0.241. The van der Waals surface area contributed by atoms with Crippen LogP contribution in [0.3, 0.4) is 0 Å². The van der Waals surface area contributed by atoms with Crippen LogP contribution < -0.4 is 10.1 Å². The zero-order chi connectivity index (χ0) is 20.4. The maximum Gasteiger partial charge on any atom is 0.258 e. The minimum Gasteiger partial charge on any atom is -0.490 e. The summed E-state index contributed by atoms with van der Waals surface area (Å²) in [4.78, 5) is 4.69.